The Morgan fingerprint density at radius 2 is 1.67 bits per heavy atom. The SMILES string of the molecule is CCOc1ccc(-c2nnc3c4cc5c(cc4n(Cc4ccc(F)cc4)cc2-3)OCO5)cc1. The summed E-state index contributed by atoms with van der Waals surface area (Å²) < 4.78 is 32.4. The van der Waals surface area contributed by atoms with Crippen molar-refractivity contribution in [1.29, 1.82) is 0 Å². The van der Waals surface area contributed by atoms with Gasteiger partial charge in [-0.2, -0.15) is 0 Å². The number of halogens is 1. The fraction of sp³-hybridized carbons (Fsp3) is 0.154. The Balaban J connectivity index is 1.53. The van der Waals surface area contributed by atoms with Crippen LogP contribution >= 0.6 is 0 Å². The largest absolute Gasteiger partial charge is 0.494 e. The summed E-state index contributed by atoms with van der Waals surface area (Å²) in [7, 11) is 0. The number of fused-ring (bicyclic) bond motifs is 4. The van der Waals surface area contributed by atoms with Gasteiger partial charge in [0, 0.05) is 35.3 Å². The molecule has 6 rings (SSSR count). The van der Waals surface area contributed by atoms with Crippen molar-refractivity contribution in [2.24, 2.45) is 0 Å². The van der Waals surface area contributed by atoms with Gasteiger partial charge in [0.05, 0.1) is 12.1 Å². The van der Waals surface area contributed by atoms with Crippen molar-refractivity contribution in [2.45, 2.75) is 13.5 Å². The van der Waals surface area contributed by atoms with Crippen LogP contribution in [0.5, 0.6) is 17.2 Å². The zero-order chi connectivity index (χ0) is 22.4. The van der Waals surface area contributed by atoms with Crippen molar-refractivity contribution in [2.75, 3.05) is 13.4 Å². The molecule has 3 aromatic rings. The Kier molecular flexibility index (Phi) is 4.61. The third-order valence-corrected chi connectivity index (χ3v) is 5.81. The van der Waals surface area contributed by atoms with Crippen molar-refractivity contribution in [3.8, 4) is 39.8 Å². The number of ether oxygens (including phenoxy) is 3. The Morgan fingerprint density at radius 3 is 2.42 bits per heavy atom. The van der Waals surface area contributed by atoms with Gasteiger partial charge in [0.15, 0.2) is 11.5 Å². The highest BCUT2D eigenvalue weighted by Gasteiger charge is 2.24. The van der Waals surface area contributed by atoms with Crippen molar-refractivity contribution in [3.05, 3.63) is 78.2 Å². The van der Waals surface area contributed by atoms with Crippen LogP contribution in [0.25, 0.3) is 33.4 Å². The smallest absolute Gasteiger partial charge is 0.231 e. The first-order valence-corrected chi connectivity index (χ1v) is 10.8. The molecule has 0 saturated heterocycles. The van der Waals surface area contributed by atoms with E-state index in [1.165, 1.54) is 12.1 Å². The van der Waals surface area contributed by atoms with Gasteiger partial charge in [-0.05, 0) is 55.0 Å². The molecule has 0 N–H and O–H groups in total. The van der Waals surface area contributed by atoms with Crippen LogP contribution in [0.3, 0.4) is 0 Å². The molecule has 164 valence electrons. The normalized spacial score (nSPS) is 12.5. The molecule has 0 amide bonds. The maximum atomic E-state index is 13.4. The first-order chi connectivity index (χ1) is 16.2. The Labute approximate surface area is 189 Å². The third-order valence-electron chi connectivity index (χ3n) is 5.81. The van der Waals surface area contributed by atoms with Crippen molar-refractivity contribution in [1.82, 2.24) is 14.8 Å². The van der Waals surface area contributed by atoms with E-state index < -0.39 is 0 Å². The maximum Gasteiger partial charge on any atom is 0.231 e. The minimum Gasteiger partial charge on any atom is -0.494 e. The number of pyridine rings is 1. The molecule has 0 bridgehead atoms. The molecule has 0 aromatic heterocycles. The highest BCUT2D eigenvalue weighted by atomic mass is 19.1. The summed E-state index contributed by atoms with van der Waals surface area (Å²) in [6.45, 7) is 3.32. The van der Waals surface area contributed by atoms with Gasteiger partial charge in [-0.15, -0.1) is 10.2 Å². The number of rotatable bonds is 5. The van der Waals surface area contributed by atoms with E-state index in [1.807, 2.05) is 43.3 Å². The number of benzene rings is 3. The maximum absolute atomic E-state index is 13.4. The van der Waals surface area contributed by atoms with Crippen LogP contribution in [-0.2, 0) is 6.54 Å². The zero-order valence-corrected chi connectivity index (χ0v) is 17.9. The van der Waals surface area contributed by atoms with Crippen molar-refractivity contribution in [3.63, 3.8) is 0 Å². The van der Waals surface area contributed by atoms with Crippen molar-refractivity contribution >= 4 is 10.9 Å². The lowest BCUT2D eigenvalue weighted by Crippen LogP contribution is -2.04. The topological polar surface area (TPSA) is 58.4 Å². The van der Waals surface area contributed by atoms with E-state index in [1.54, 1.807) is 12.1 Å². The molecule has 0 unspecified atom stereocenters. The van der Waals surface area contributed by atoms with Gasteiger partial charge in [0.25, 0.3) is 0 Å². The molecule has 0 aliphatic carbocycles. The molecule has 7 heteroatoms. The summed E-state index contributed by atoms with van der Waals surface area (Å²) in [6, 6.07) is 18.3. The predicted molar refractivity (Wildman–Crippen MR) is 122 cm³/mol. The molecule has 0 radical (unpaired) electrons. The monoisotopic (exact) mass is 441 g/mol. The lowest BCUT2D eigenvalue weighted by Gasteiger charge is -2.16. The van der Waals surface area contributed by atoms with Crippen LogP contribution in [0, 0.1) is 5.82 Å². The molecule has 33 heavy (non-hydrogen) atoms. The first kappa shape index (κ1) is 19.5. The lowest BCUT2D eigenvalue weighted by atomic mass is 10.0. The summed E-state index contributed by atoms with van der Waals surface area (Å²) in [4.78, 5) is 0. The van der Waals surface area contributed by atoms with E-state index in [-0.39, 0.29) is 12.6 Å². The number of hydrogen-bond donors (Lipinski definition) is 0. The number of aromatic nitrogens is 3. The minimum absolute atomic E-state index is 0.191. The second-order valence-electron chi connectivity index (χ2n) is 7.87. The van der Waals surface area contributed by atoms with Crippen LogP contribution in [0.1, 0.15) is 12.5 Å². The molecular weight excluding hydrogens is 421 g/mol. The van der Waals surface area contributed by atoms with Crippen LogP contribution < -0.4 is 14.2 Å². The second kappa shape index (κ2) is 7.78. The highest BCUT2D eigenvalue weighted by molar-refractivity contribution is 5.99. The van der Waals surface area contributed by atoms with Gasteiger partial charge in [0.2, 0.25) is 6.79 Å². The first-order valence-electron chi connectivity index (χ1n) is 10.8. The number of hydrogen-bond acceptors (Lipinski definition) is 5. The minimum atomic E-state index is -0.255. The fourth-order valence-electron chi connectivity index (χ4n) is 4.23. The van der Waals surface area contributed by atoms with Gasteiger partial charge >= 0.3 is 0 Å². The van der Waals surface area contributed by atoms with Gasteiger partial charge in [-0.25, -0.2) is 4.39 Å². The van der Waals surface area contributed by atoms with Crippen LogP contribution in [0.2, 0.25) is 0 Å². The Morgan fingerprint density at radius 1 is 0.939 bits per heavy atom. The Hall–Kier alpha value is -4.13. The average Bonchev–Trinajstić information content (AvgIpc) is 3.47. The van der Waals surface area contributed by atoms with Crippen LogP contribution in [-0.4, -0.2) is 28.2 Å². The summed E-state index contributed by atoms with van der Waals surface area (Å²) in [6.07, 6.45) is 2.05. The molecule has 3 aliphatic rings. The molecule has 3 aliphatic heterocycles. The molecular formula is C26H20FN3O3. The average molecular weight is 441 g/mol. The molecule has 0 spiro atoms. The highest BCUT2D eigenvalue weighted by Crippen LogP contribution is 2.42. The standard InChI is InChI=1S/C26H20FN3O3/c1-2-31-19-9-5-17(6-10-19)25-21-14-30(13-16-3-7-18(27)8-4-16)22-12-24-23(32-15-33-24)11-20(22)26(21)29-28-25/h3-12,14H,2,13,15H2,1H3. The van der Waals surface area contributed by atoms with E-state index in [2.05, 4.69) is 21.0 Å². The number of nitrogens with zero attached hydrogens (tertiary/aromatic N) is 3. The summed E-state index contributed by atoms with van der Waals surface area (Å²) in [5, 5.41) is 9.97. The van der Waals surface area contributed by atoms with E-state index in [4.69, 9.17) is 14.2 Å². The van der Waals surface area contributed by atoms with Crippen LogP contribution in [0.4, 0.5) is 4.39 Å². The summed E-state index contributed by atoms with van der Waals surface area (Å²) in [5.74, 6) is 1.94. The van der Waals surface area contributed by atoms with Crippen molar-refractivity contribution < 1.29 is 18.6 Å². The molecule has 0 atom stereocenters. The molecule has 0 fully saturated rings. The third kappa shape index (κ3) is 3.42. The summed E-state index contributed by atoms with van der Waals surface area (Å²) in [5.41, 5.74) is 5.38. The van der Waals surface area contributed by atoms with E-state index in [0.717, 1.165) is 44.7 Å². The van der Waals surface area contributed by atoms with E-state index in [9.17, 15) is 4.39 Å². The fourth-order valence-corrected chi connectivity index (χ4v) is 4.23. The molecule has 3 heterocycles. The zero-order valence-electron chi connectivity index (χ0n) is 17.9. The van der Waals surface area contributed by atoms with E-state index in [0.29, 0.717) is 24.7 Å². The molecule has 0 saturated carbocycles. The second-order valence-corrected chi connectivity index (χ2v) is 7.87. The van der Waals surface area contributed by atoms with Gasteiger partial charge in [-0.3, -0.25) is 0 Å². The van der Waals surface area contributed by atoms with Gasteiger partial charge < -0.3 is 18.8 Å². The molecule has 6 nitrogen and oxygen atoms in total. The van der Waals surface area contributed by atoms with E-state index >= 15 is 0 Å². The van der Waals surface area contributed by atoms with Crippen LogP contribution in [0.15, 0.2) is 66.9 Å². The summed E-state index contributed by atoms with van der Waals surface area (Å²) >= 11 is 0. The predicted octanol–water partition coefficient (Wildman–Crippen LogP) is 5.52. The molecule has 3 aromatic carbocycles. The lowest BCUT2D eigenvalue weighted by molar-refractivity contribution is 0.174. The van der Waals surface area contributed by atoms with Gasteiger partial charge in [0.1, 0.15) is 23.0 Å². The van der Waals surface area contributed by atoms with Gasteiger partial charge in [-0.1, -0.05) is 12.1 Å². The quantitative estimate of drug-likeness (QED) is 0.360. The Bertz CT molecular complexity index is 1430.